The van der Waals surface area contributed by atoms with E-state index < -0.39 is 10.1 Å². The standard InChI is InChI=1S/C21H21Cl3N4O.C12H26O3S/c22-15-6-4-14(5-7-15)20-13-18(21(29)26-27-10-2-1-3-11-27)25-28(20)19-9-8-16(23)12-17(19)24;1-2-3-4-5-6-7-8-9-10-11-12-16(13,14)15/h4-9,12,20H,1-3,10-11,13H2,(H,26,29);2-12H2,1H3,(H,13,14,15)/t20-;/m1./s1. The largest absolute Gasteiger partial charge is 0.286 e. The van der Waals surface area contributed by atoms with Gasteiger partial charge in [0, 0.05) is 29.6 Å². The number of halogens is 3. The van der Waals surface area contributed by atoms with Gasteiger partial charge in [0.05, 0.1) is 22.5 Å². The van der Waals surface area contributed by atoms with Crippen molar-refractivity contribution in [1.29, 1.82) is 0 Å². The Balaban J connectivity index is 0.000000296. The first-order valence-electron chi connectivity index (χ1n) is 16.2. The van der Waals surface area contributed by atoms with Crippen LogP contribution in [0.1, 0.15) is 108 Å². The first-order valence-corrected chi connectivity index (χ1v) is 18.9. The van der Waals surface area contributed by atoms with E-state index in [1.807, 2.05) is 35.3 Å². The van der Waals surface area contributed by atoms with Crippen molar-refractivity contribution in [2.75, 3.05) is 23.9 Å². The van der Waals surface area contributed by atoms with Gasteiger partial charge >= 0.3 is 0 Å². The van der Waals surface area contributed by atoms with Gasteiger partial charge in [-0.3, -0.25) is 19.8 Å². The Morgan fingerprint density at radius 3 is 2.02 bits per heavy atom. The summed E-state index contributed by atoms with van der Waals surface area (Å²) in [7, 11) is -3.73. The zero-order valence-electron chi connectivity index (χ0n) is 26.2. The molecule has 2 aliphatic heterocycles. The third kappa shape index (κ3) is 13.8. The second kappa shape index (κ2) is 19.7. The van der Waals surface area contributed by atoms with Crippen molar-refractivity contribution in [3.05, 3.63) is 63.1 Å². The molecule has 4 rings (SSSR count). The summed E-state index contributed by atoms with van der Waals surface area (Å²) in [5.74, 6) is -0.248. The minimum absolute atomic E-state index is 0.0799. The predicted molar refractivity (Wildman–Crippen MR) is 187 cm³/mol. The molecule has 0 radical (unpaired) electrons. The molecule has 2 heterocycles. The van der Waals surface area contributed by atoms with Gasteiger partial charge in [-0.2, -0.15) is 13.5 Å². The van der Waals surface area contributed by atoms with Crippen LogP contribution in [0.5, 0.6) is 0 Å². The molecule has 0 spiro atoms. The Kier molecular flexibility index (Phi) is 16.5. The van der Waals surface area contributed by atoms with Gasteiger partial charge in [-0.05, 0) is 55.2 Å². The van der Waals surface area contributed by atoms with Gasteiger partial charge in [-0.1, -0.05) is 118 Å². The molecule has 0 unspecified atom stereocenters. The van der Waals surface area contributed by atoms with Gasteiger partial charge in [-0.15, -0.1) is 0 Å². The van der Waals surface area contributed by atoms with E-state index in [-0.39, 0.29) is 17.7 Å². The highest BCUT2D eigenvalue weighted by atomic mass is 35.5. The average molecular weight is 702 g/mol. The summed E-state index contributed by atoms with van der Waals surface area (Å²) in [6, 6.07) is 12.7. The minimum atomic E-state index is -3.73. The molecular formula is C33H47Cl3N4O4S. The molecule has 1 fully saturated rings. The molecule has 8 nitrogen and oxygen atoms in total. The highest BCUT2D eigenvalue weighted by molar-refractivity contribution is 7.85. The molecule has 250 valence electrons. The third-order valence-electron chi connectivity index (χ3n) is 7.96. The number of hydrazine groups is 1. The second-order valence-corrected chi connectivity index (χ2v) is 14.6. The number of nitrogens with zero attached hydrogens (tertiary/aromatic N) is 3. The molecule has 12 heteroatoms. The van der Waals surface area contributed by atoms with Crippen LogP contribution in [0, 0.1) is 0 Å². The molecule has 1 amide bonds. The van der Waals surface area contributed by atoms with Crippen LogP contribution in [0.15, 0.2) is 47.6 Å². The number of carbonyl (C=O) groups is 1. The fraction of sp³-hybridized carbons (Fsp3) is 0.576. The number of hydrazone groups is 1. The summed E-state index contributed by atoms with van der Waals surface area (Å²) >= 11 is 18.6. The topological polar surface area (TPSA) is 102 Å². The summed E-state index contributed by atoms with van der Waals surface area (Å²) in [5.41, 5.74) is 5.18. The van der Waals surface area contributed by atoms with E-state index in [4.69, 9.17) is 39.4 Å². The molecule has 0 aliphatic carbocycles. The van der Waals surface area contributed by atoms with Crippen LogP contribution in [-0.4, -0.2) is 48.4 Å². The second-order valence-electron chi connectivity index (χ2n) is 11.7. The maximum Gasteiger partial charge on any atom is 0.281 e. The molecule has 1 saturated heterocycles. The van der Waals surface area contributed by atoms with Crippen molar-refractivity contribution < 1.29 is 17.8 Å². The lowest BCUT2D eigenvalue weighted by atomic mass is 10.0. The summed E-state index contributed by atoms with van der Waals surface area (Å²) in [4.78, 5) is 12.9. The average Bonchev–Trinajstić information content (AvgIpc) is 3.44. The number of anilines is 1. The number of hydrogen-bond donors (Lipinski definition) is 2. The molecule has 2 aromatic carbocycles. The van der Waals surface area contributed by atoms with Crippen molar-refractivity contribution >= 4 is 62.2 Å². The van der Waals surface area contributed by atoms with Crippen LogP contribution in [-0.2, 0) is 14.9 Å². The monoisotopic (exact) mass is 700 g/mol. The molecule has 45 heavy (non-hydrogen) atoms. The Bertz CT molecular complexity index is 1340. The Hall–Kier alpha value is -1.88. The van der Waals surface area contributed by atoms with Crippen molar-refractivity contribution in [2.24, 2.45) is 5.10 Å². The van der Waals surface area contributed by atoms with Gasteiger partial charge in [0.15, 0.2) is 0 Å². The Morgan fingerprint density at radius 2 is 1.44 bits per heavy atom. The number of hydrogen-bond acceptors (Lipinski definition) is 6. The number of nitrogens with one attached hydrogen (secondary N) is 1. The number of benzene rings is 2. The van der Waals surface area contributed by atoms with Crippen LogP contribution in [0.2, 0.25) is 15.1 Å². The van der Waals surface area contributed by atoms with E-state index in [0.717, 1.165) is 44.3 Å². The van der Waals surface area contributed by atoms with E-state index in [1.165, 1.54) is 51.4 Å². The number of piperidine rings is 1. The number of rotatable bonds is 15. The Morgan fingerprint density at radius 1 is 0.867 bits per heavy atom. The maximum absolute atomic E-state index is 12.9. The highest BCUT2D eigenvalue weighted by Crippen LogP contribution is 2.40. The van der Waals surface area contributed by atoms with Crippen molar-refractivity contribution in [3.8, 4) is 0 Å². The molecule has 0 saturated carbocycles. The minimum Gasteiger partial charge on any atom is -0.286 e. The zero-order valence-corrected chi connectivity index (χ0v) is 29.3. The lowest BCUT2D eigenvalue weighted by Gasteiger charge is -2.26. The smallest absolute Gasteiger partial charge is 0.281 e. The van der Waals surface area contributed by atoms with E-state index in [1.54, 1.807) is 17.1 Å². The van der Waals surface area contributed by atoms with Crippen molar-refractivity contribution in [1.82, 2.24) is 10.4 Å². The lowest BCUT2D eigenvalue weighted by Crippen LogP contribution is -2.47. The van der Waals surface area contributed by atoms with E-state index in [0.29, 0.717) is 39.3 Å². The van der Waals surface area contributed by atoms with Crippen molar-refractivity contribution in [3.63, 3.8) is 0 Å². The fourth-order valence-corrected chi connectivity index (χ4v) is 6.66. The Labute approximate surface area is 284 Å². The van der Waals surface area contributed by atoms with Crippen molar-refractivity contribution in [2.45, 2.75) is 103 Å². The number of amides is 1. The van der Waals surface area contributed by atoms with Crippen LogP contribution in [0.4, 0.5) is 5.69 Å². The summed E-state index contributed by atoms with van der Waals surface area (Å²) in [6.45, 7) is 3.95. The summed E-state index contributed by atoms with van der Waals surface area (Å²) in [5, 5.41) is 10.1. The molecule has 1 atom stereocenters. The van der Waals surface area contributed by atoms with Gasteiger partial charge < -0.3 is 0 Å². The lowest BCUT2D eigenvalue weighted by molar-refractivity contribution is -0.119. The fourth-order valence-electron chi connectivity index (χ4n) is 5.47. The van der Waals surface area contributed by atoms with E-state index >= 15 is 0 Å². The molecule has 0 aromatic heterocycles. The first-order chi connectivity index (χ1) is 21.6. The molecular weight excluding hydrogens is 655 g/mol. The quantitative estimate of drug-likeness (QED) is 0.142. The van der Waals surface area contributed by atoms with Gasteiger partial charge in [0.25, 0.3) is 16.0 Å². The van der Waals surface area contributed by atoms with E-state index in [2.05, 4.69) is 17.5 Å². The summed E-state index contributed by atoms with van der Waals surface area (Å²) in [6.07, 6.45) is 15.5. The highest BCUT2D eigenvalue weighted by Gasteiger charge is 2.34. The number of carbonyl (C=O) groups excluding carboxylic acids is 1. The molecule has 0 bridgehead atoms. The van der Waals surface area contributed by atoms with E-state index in [9.17, 15) is 13.2 Å². The van der Waals surface area contributed by atoms with Crippen LogP contribution in [0.3, 0.4) is 0 Å². The SMILES string of the molecule is CCCCCCCCCCCCS(=O)(=O)O.O=C(NN1CCCCC1)C1=NN(c2ccc(Cl)cc2Cl)[C@@H](c2ccc(Cl)cc2)C1. The van der Waals surface area contributed by atoms with Gasteiger partial charge in [0.2, 0.25) is 0 Å². The maximum atomic E-state index is 12.9. The summed E-state index contributed by atoms with van der Waals surface area (Å²) < 4.78 is 29.4. The van der Waals surface area contributed by atoms with Crippen LogP contribution in [0.25, 0.3) is 0 Å². The number of unbranched alkanes of at least 4 members (excludes halogenated alkanes) is 9. The molecule has 2 N–H and O–H groups in total. The normalized spacial score (nSPS) is 17.0. The van der Waals surface area contributed by atoms with Gasteiger partial charge in [-0.25, -0.2) is 5.01 Å². The molecule has 2 aromatic rings. The first kappa shape index (κ1) is 37.6. The zero-order chi connectivity index (χ0) is 32.7. The third-order valence-corrected chi connectivity index (χ3v) is 9.55. The van der Waals surface area contributed by atoms with Crippen LogP contribution < -0.4 is 10.4 Å². The van der Waals surface area contributed by atoms with Crippen LogP contribution >= 0.6 is 34.8 Å². The predicted octanol–water partition coefficient (Wildman–Crippen LogP) is 9.27. The molecule has 2 aliphatic rings. The van der Waals surface area contributed by atoms with Gasteiger partial charge in [0.1, 0.15) is 5.71 Å².